The van der Waals surface area contributed by atoms with Crippen LogP contribution in [0.5, 0.6) is 0 Å². The first-order valence-corrected chi connectivity index (χ1v) is 5.91. The second-order valence-electron chi connectivity index (χ2n) is 3.25. The van der Waals surface area contributed by atoms with E-state index in [1.165, 1.54) is 0 Å². The highest BCUT2D eigenvalue weighted by Gasteiger charge is 2.26. The standard InChI is InChI=1S/C9H16F3I/c1-2-3-5-8(13)6-4-7-9(10,11)12/h8H,2-7H2,1H3. The van der Waals surface area contributed by atoms with Crippen LogP contribution in [0.3, 0.4) is 0 Å². The molecule has 1 unspecified atom stereocenters. The van der Waals surface area contributed by atoms with Gasteiger partial charge in [-0.15, -0.1) is 0 Å². The van der Waals surface area contributed by atoms with E-state index in [4.69, 9.17) is 0 Å². The van der Waals surface area contributed by atoms with Crippen LogP contribution in [0.15, 0.2) is 0 Å². The van der Waals surface area contributed by atoms with Crippen LogP contribution in [0, 0.1) is 0 Å². The van der Waals surface area contributed by atoms with Gasteiger partial charge in [0.25, 0.3) is 0 Å². The van der Waals surface area contributed by atoms with Gasteiger partial charge in [-0.1, -0.05) is 42.4 Å². The molecule has 0 aromatic rings. The van der Waals surface area contributed by atoms with Crippen molar-refractivity contribution in [2.75, 3.05) is 0 Å². The smallest absolute Gasteiger partial charge is 0.171 e. The molecule has 0 spiro atoms. The third-order valence-electron chi connectivity index (χ3n) is 1.85. The lowest BCUT2D eigenvalue weighted by molar-refractivity contribution is -0.135. The average Bonchev–Trinajstić information content (AvgIpc) is 1.98. The van der Waals surface area contributed by atoms with E-state index < -0.39 is 12.6 Å². The van der Waals surface area contributed by atoms with Crippen LogP contribution >= 0.6 is 22.6 Å². The molecule has 0 saturated carbocycles. The van der Waals surface area contributed by atoms with E-state index in [2.05, 4.69) is 29.5 Å². The molecule has 0 fully saturated rings. The molecule has 0 radical (unpaired) electrons. The van der Waals surface area contributed by atoms with Crippen molar-refractivity contribution in [3.8, 4) is 0 Å². The molecular formula is C9H16F3I. The van der Waals surface area contributed by atoms with Crippen molar-refractivity contribution in [2.24, 2.45) is 0 Å². The summed E-state index contributed by atoms with van der Waals surface area (Å²) in [5, 5.41) is 0. The molecule has 0 aliphatic rings. The number of hydrogen-bond donors (Lipinski definition) is 0. The van der Waals surface area contributed by atoms with E-state index in [-0.39, 0.29) is 6.42 Å². The fourth-order valence-corrected chi connectivity index (χ4v) is 1.97. The van der Waals surface area contributed by atoms with E-state index >= 15 is 0 Å². The maximum atomic E-state index is 11.8. The molecule has 0 N–H and O–H groups in total. The summed E-state index contributed by atoms with van der Waals surface area (Å²) in [6, 6.07) is 0. The molecule has 0 heterocycles. The fraction of sp³-hybridized carbons (Fsp3) is 1.00. The summed E-state index contributed by atoms with van der Waals surface area (Å²) in [5.74, 6) is 0. The predicted octanol–water partition coefficient (Wildman–Crippen LogP) is 4.71. The van der Waals surface area contributed by atoms with Crippen LogP contribution in [-0.4, -0.2) is 10.1 Å². The third kappa shape index (κ3) is 10.4. The van der Waals surface area contributed by atoms with Gasteiger partial charge in [0, 0.05) is 10.3 Å². The van der Waals surface area contributed by atoms with Crippen molar-refractivity contribution in [1.82, 2.24) is 0 Å². The zero-order chi connectivity index (χ0) is 10.3. The summed E-state index contributed by atoms with van der Waals surface area (Å²) in [7, 11) is 0. The zero-order valence-corrected chi connectivity index (χ0v) is 9.99. The van der Waals surface area contributed by atoms with E-state index in [1.54, 1.807) is 0 Å². The Balaban J connectivity index is 3.31. The fourth-order valence-electron chi connectivity index (χ4n) is 1.09. The summed E-state index contributed by atoms with van der Waals surface area (Å²) in [4.78, 5) is 0. The zero-order valence-electron chi connectivity index (χ0n) is 7.83. The topological polar surface area (TPSA) is 0 Å². The van der Waals surface area contributed by atoms with E-state index in [0.29, 0.717) is 10.3 Å². The second-order valence-corrected chi connectivity index (χ2v) is 5.01. The summed E-state index contributed by atoms with van der Waals surface area (Å²) < 4.78 is 35.7. The van der Waals surface area contributed by atoms with Gasteiger partial charge in [0.2, 0.25) is 0 Å². The van der Waals surface area contributed by atoms with Gasteiger partial charge in [-0.25, -0.2) is 0 Å². The van der Waals surface area contributed by atoms with Gasteiger partial charge in [-0.2, -0.15) is 13.2 Å². The Morgan fingerprint density at radius 2 is 1.69 bits per heavy atom. The van der Waals surface area contributed by atoms with Crippen LogP contribution in [0.1, 0.15) is 45.4 Å². The number of halogens is 4. The maximum Gasteiger partial charge on any atom is 0.389 e. The van der Waals surface area contributed by atoms with Gasteiger partial charge in [0.1, 0.15) is 0 Å². The molecule has 0 aromatic heterocycles. The van der Waals surface area contributed by atoms with Crippen molar-refractivity contribution in [1.29, 1.82) is 0 Å². The molecule has 0 nitrogen and oxygen atoms in total. The quantitative estimate of drug-likeness (QED) is 0.492. The highest BCUT2D eigenvalue weighted by atomic mass is 127. The van der Waals surface area contributed by atoms with Gasteiger partial charge < -0.3 is 0 Å². The van der Waals surface area contributed by atoms with Crippen LogP contribution < -0.4 is 0 Å². The van der Waals surface area contributed by atoms with Gasteiger partial charge in [0.15, 0.2) is 0 Å². The van der Waals surface area contributed by atoms with E-state index in [1.807, 2.05) is 0 Å². The van der Waals surface area contributed by atoms with Crippen LogP contribution in [0.2, 0.25) is 0 Å². The maximum absolute atomic E-state index is 11.8. The monoisotopic (exact) mass is 308 g/mol. The highest BCUT2D eigenvalue weighted by Crippen LogP contribution is 2.25. The Morgan fingerprint density at radius 1 is 1.15 bits per heavy atom. The largest absolute Gasteiger partial charge is 0.389 e. The Labute approximate surface area is 91.4 Å². The molecule has 13 heavy (non-hydrogen) atoms. The molecule has 1 atom stereocenters. The number of hydrogen-bond acceptors (Lipinski definition) is 0. The lowest BCUT2D eigenvalue weighted by Gasteiger charge is -2.10. The van der Waals surface area contributed by atoms with Crippen molar-refractivity contribution < 1.29 is 13.2 Å². The van der Waals surface area contributed by atoms with Gasteiger partial charge in [-0.3, -0.25) is 0 Å². The number of unbranched alkanes of at least 4 members (excludes halogenated alkanes) is 1. The van der Waals surface area contributed by atoms with Crippen molar-refractivity contribution in [2.45, 2.75) is 55.5 Å². The molecule has 0 aliphatic heterocycles. The minimum atomic E-state index is -3.97. The van der Waals surface area contributed by atoms with Crippen molar-refractivity contribution in [3.05, 3.63) is 0 Å². The Hall–Kier alpha value is 0.520. The Morgan fingerprint density at radius 3 is 2.15 bits per heavy atom. The molecule has 80 valence electrons. The molecule has 0 bridgehead atoms. The first-order valence-electron chi connectivity index (χ1n) is 4.66. The Kier molecular flexibility index (Phi) is 7.17. The first-order chi connectivity index (χ1) is 5.95. The number of alkyl halides is 4. The normalized spacial score (nSPS) is 14.5. The molecule has 0 saturated heterocycles. The highest BCUT2D eigenvalue weighted by molar-refractivity contribution is 14.1. The molecular weight excluding hydrogens is 292 g/mol. The summed E-state index contributed by atoms with van der Waals surface area (Å²) in [6.07, 6.45) is -0.325. The summed E-state index contributed by atoms with van der Waals surface area (Å²) in [6.45, 7) is 2.10. The minimum absolute atomic E-state index is 0.279. The van der Waals surface area contributed by atoms with Crippen LogP contribution in [0.25, 0.3) is 0 Å². The summed E-state index contributed by atoms with van der Waals surface area (Å²) >= 11 is 2.25. The van der Waals surface area contributed by atoms with Crippen LogP contribution in [0.4, 0.5) is 13.2 Å². The number of rotatable bonds is 6. The van der Waals surface area contributed by atoms with Crippen LogP contribution in [-0.2, 0) is 0 Å². The van der Waals surface area contributed by atoms with Crippen molar-refractivity contribution in [3.63, 3.8) is 0 Å². The SMILES string of the molecule is CCCCC(I)CCCC(F)(F)F. The average molecular weight is 308 g/mol. The molecule has 0 rings (SSSR count). The second kappa shape index (κ2) is 6.90. The third-order valence-corrected chi connectivity index (χ3v) is 3.09. The van der Waals surface area contributed by atoms with Crippen molar-refractivity contribution >= 4 is 22.6 Å². The minimum Gasteiger partial charge on any atom is -0.171 e. The Bertz CT molecular complexity index is 123. The summed E-state index contributed by atoms with van der Waals surface area (Å²) in [5.41, 5.74) is 0. The van der Waals surface area contributed by atoms with Gasteiger partial charge >= 0.3 is 6.18 Å². The molecule has 4 heteroatoms. The lowest BCUT2D eigenvalue weighted by Crippen LogP contribution is -2.08. The van der Waals surface area contributed by atoms with Gasteiger partial charge in [0.05, 0.1) is 0 Å². The molecule has 0 aromatic carbocycles. The lowest BCUT2D eigenvalue weighted by atomic mass is 10.1. The first kappa shape index (κ1) is 13.5. The van der Waals surface area contributed by atoms with E-state index in [9.17, 15) is 13.2 Å². The molecule has 0 amide bonds. The predicted molar refractivity (Wildman–Crippen MR) is 57.2 cm³/mol. The van der Waals surface area contributed by atoms with E-state index in [0.717, 1.165) is 19.3 Å². The molecule has 0 aliphatic carbocycles. The van der Waals surface area contributed by atoms with Gasteiger partial charge in [-0.05, 0) is 19.3 Å².